The lowest BCUT2D eigenvalue weighted by atomic mass is 10.2. The number of ether oxygens (including phenoxy) is 1. The van der Waals surface area contributed by atoms with Crippen molar-refractivity contribution in [2.45, 2.75) is 20.4 Å². The maximum atomic E-state index is 11.9. The number of nitrogens with zero attached hydrogens (tertiary/aromatic N) is 2. The molecule has 22 heavy (non-hydrogen) atoms. The monoisotopic (exact) mass is 299 g/mol. The summed E-state index contributed by atoms with van der Waals surface area (Å²) >= 11 is 0. The number of hydrogen-bond acceptors (Lipinski definition) is 3. The molecule has 1 aromatic heterocycles. The lowest BCUT2D eigenvalue weighted by molar-refractivity contribution is -0.116. The minimum absolute atomic E-state index is 0.126. The number of benzene rings is 1. The molecule has 1 N–H and O–H groups in total. The first-order chi connectivity index (χ1) is 10.5. The van der Waals surface area contributed by atoms with Crippen LogP contribution in [-0.4, -0.2) is 22.8 Å². The number of amides is 1. The van der Waals surface area contributed by atoms with Gasteiger partial charge in [-0.2, -0.15) is 5.10 Å². The van der Waals surface area contributed by atoms with Crippen molar-refractivity contribution in [3.63, 3.8) is 0 Å². The zero-order valence-electron chi connectivity index (χ0n) is 13.4. The van der Waals surface area contributed by atoms with Gasteiger partial charge in [0.15, 0.2) is 0 Å². The van der Waals surface area contributed by atoms with Crippen LogP contribution in [0.15, 0.2) is 30.3 Å². The van der Waals surface area contributed by atoms with E-state index < -0.39 is 0 Å². The summed E-state index contributed by atoms with van der Waals surface area (Å²) in [5.41, 5.74) is 3.97. The van der Waals surface area contributed by atoms with Crippen LogP contribution in [0, 0.1) is 13.8 Å². The highest BCUT2D eigenvalue weighted by Gasteiger charge is 2.06. The van der Waals surface area contributed by atoms with Crippen molar-refractivity contribution in [1.29, 1.82) is 0 Å². The molecule has 0 aliphatic heterocycles. The van der Waals surface area contributed by atoms with Crippen LogP contribution in [0.25, 0.3) is 6.08 Å². The van der Waals surface area contributed by atoms with E-state index in [1.165, 1.54) is 0 Å². The Morgan fingerprint density at radius 3 is 2.55 bits per heavy atom. The van der Waals surface area contributed by atoms with Crippen LogP contribution in [0.4, 0.5) is 0 Å². The maximum absolute atomic E-state index is 11.9. The fourth-order valence-electron chi connectivity index (χ4n) is 2.18. The van der Waals surface area contributed by atoms with E-state index in [0.29, 0.717) is 6.54 Å². The first kappa shape index (κ1) is 15.8. The Labute approximate surface area is 130 Å². The van der Waals surface area contributed by atoms with E-state index in [9.17, 15) is 4.79 Å². The normalized spacial score (nSPS) is 10.9. The predicted octanol–water partition coefficient (Wildman–Crippen LogP) is 2.38. The molecule has 116 valence electrons. The predicted molar refractivity (Wildman–Crippen MR) is 86.6 cm³/mol. The summed E-state index contributed by atoms with van der Waals surface area (Å²) in [4.78, 5) is 11.9. The van der Waals surface area contributed by atoms with Crippen LogP contribution in [0.1, 0.15) is 22.5 Å². The third-order valence-corrected chi connectivity index (χ3v) is 3.59. The third kappa shape index (κ3) is 3.75. The van der Waals surface area contributed by atoms with Crippen molar-refractivity contribution in [3.8, 4) is 5.75 Å². The van der Waals surface area contributed by atoms with Gasteiger partial charge in [-0.15, -0.1) is 0 Å². The highest BCUT2D eigenvalue weighted by atomic mass is 16.5. The second-order valence-electron chi connectivity index (χ2n) is 5.11. The molecule has 0 aliphatic rings. The molecule has 0 atom stereocenters. The van der Waals surface area contributed by atoms with E-state index in [1.807, 2.05) is 49.8 Å². The molecular formula is C17H21N3O2. The van der Waals surface area contributed by atoms with Crippen molar-refractivity contribution in [2.75, 3.05) is 7.11 Å². The lowest BCUT2D eigenvalue weighted by Gasteiger charge is -2.04. The Balaban J connectivity index is 1.93. The minimum Gasteiger partial charge on any atom is -0.497 e. The Hall–Kier alpha value is -2.56. The Bertz CT molecular complexity index is 685. The van der Waals surface area contributed by atoms with Crippen LogP contribution >= 0.6 is 0 Å². The molecule has 1 aromatic carbocycles. The smallest absolute Gasteiger partial charge is 0.244 e. The molecule has 0 bridgehead atoms. The topological polar surface area (TPSA) is 56.1 Å². The number of rotatable bonds is 5. The molecule has 2 aromatic rings. The zero-order valence-corrected chi connectivity index (χ0v) is 13.4. The summed E-state index contributed by atoms with van der Waals surface area (Å²) in [5.74, 6) is 0.677. The Morgan fingerprint density at radius 2 is 2.00 bits per heavy atom. The van der Waals surface area contributed by atoms with Crippen LogP contribution < -0.4 is 10.1 Å². The number of methoxy groups -OCH3 is 1. The van der Waals surface area contributed by atoms with Crippen molar-refractivity contribution in [1.82, 2.24) is 15.1 Å². The van der Waals surface area contributed by atoms with Crippen molar-refractivity contribution >= 4 is 12.0 Å². The van der Waals surface area contributed by atoms with E-state index >= 15 is 0 Å². The highest BCUT2D eigenvalue weighted by Crippen LogP contribution is 2.13. The van der Waals surface area contributed by atoms with Gasteiger partial charge < -0.3 is 10.1 Å². The van der Waals surface area contributed by atoms with Gasteiger partial charge in [0.2, 0.25) is 5.91 Å². The standard InChI is InChI=1S/C17H21N3O2/c1-12-16(13(2)20(3)19-12)9-10-17(21)18-11-14-5-7-15(22-4)8-6-14/h5-10H,11H2,1-4H3,(H,18,21). The molecule has 0 unspecified atom stereocenters. The number of aryl methyl sites for hydroxylation is 2. The molecule has 2 rings (SSSR count). The summed E-state index contributed by atoms with van der Waals surface area (Å²) in [5, 5.41) is 7.18. The van der Waals surface area contributed by atoms with Gasteiger partial charge in [-0.3, -0.25) is 9.48 Å². The van der Waals surface area contributed by atoms with Crippen LogP contribution in [-0.2, 0) is 18.4 Å². The number of carbonyl (C=O) groups excluding carboxylic acids is 1. The Kier molecular flexibility index (Phi) is 4.99. The average Bonchev–Trinajstić information content (AvgIpc) is 2.76. The SMILES string of the molecule is COc1ccc(CNC(=O)C=Cc2c(C)nn(C)c2C)cc1. The average molecular weight is 299 g/mol. The van der Waals surface area contributed by atoms with Crippen molar-refractivity contribution in [3.05, 3.63) is 52.9 Å². The maximum Gasteiger partial charge on any atom is 0.244 e. The molecule has 0 saturated carbocycles. The van der Waals surface area contributed by atoms with E-state index in [0.717, 1.165) is 28.3 Å². The van der Waals surface area contributed by atoms with Gasteiger partial charge in [-0.25, -0.2) is 0 Å². The molecule has 0 saturated heterocycles. The molecule has 0 fully saturated rings. The number of hydrogen-bond donors (Lipinski definition) is 1. The quantitative estimate of drug-likeness (QED) is 0.862. The molecular weight excluding hydrogens is 278 g/mol. The van der Waals surface area contributed by atoms with Gasteiger partial charge in [-0.05, 0) is 37.6 Å². The summed E-state index contributed by atoms with van der Waals surface area (Å²) in [7, 11) is 3.52. The van der Waals surface area contributed by atoms with E-state index in [4.69, 9.17) is 4.74 Å². The van der Waals surface area contributed by atoms with Gasteiger partial charge >= 0.3 is 0 Å². The Morgan fingerprint density at radius 1 is 1.32 bits per heavy atom. The van der Waals surface area contributed by atoms with Crippen molar-refractivity contribution in [2.24, 2.45) is 7.05 Å². The molecule has 5 heteroatoms. The summed E-state index contributed by atoms with van der Waals surface area (Å²) in [6.07, 6.45) is 3.35. The molecule has 0 aliphatic carbocycles. The third-order valence-electron chi connectivity index (χ3n) is 3.59. The first-order valence-electron chi connectivity index (χ1n) is 7.10. The van der Waals surface area contributed by atoms with E-state index in [1.54, 1.807) is 19.3 Å². The second kappa shape index (κ2) is 6.93. The van der Waals surface area contributed by atoms with Crippen molar-refractivity contribution < 1.29 is 9.53 Å². The summed E-state index contributed by atoms with van der Waals surface area (Å²) < 4.78 is 6.91. The van der Waals surface area contributed by atoms with Crippen LogP contribution in [0.2, 0.25) is 0 Å². The summed E-state index contributed by atoms with van der Waals surface area (Å²) in [6, 6.07) is 7.61. The van der Waals surface area contributed by atoms with Gasteiger partial charge in [0.05, 0.1) is 12.8 Å². The van der Waals surface area contributed by atoms with Gasteiger partial charge in [0.25, 0.3) is 0 Å². The van der Waals surface area contributed by atoms with E-state index in [2.05, 4.69) is 10.4 Å². The second-order valence-corrected chi connectivity index (χ2v) is 5.11. The minimum atomic E-state index is -0.126. The molecule has 5 nitrogen and oxygen atoms in total. The molecule has 0 radical (unpaired) electrons. The number of aromatic nitrogens is 2. The first-order valence-corrected chi connectivity index (χ1v) is 7.10. The summed E-state index contributed by atoms with van der Waals surface area (Å²) in [6.45, 7) is 4.40. The number of nitrogens with one attached hydrogen (secondary N) is 1. The van der Waals surface area contributed by atoms with Crippen LogP contribution in [0.3, 0.4) is 0 Å². The largest absolute Gasteiger partial charge is 0.497 e. The molecule has 0 spiro atoms. The highest BCUT2D eigenvalue weighted by molar-refractivity contribution is 5.91. The lowest BCUT2D eigenvalue weighted by Crippen LogP contribution is -2.20. The molecule has 1 amide bonds. The van der Waals surface area contributed by atoms with Crippen LogP contribution in [0.5, 0.6) is 5.75 Å². The van der Waals surface area contributed by atoms with Gasteiger partial charge in [0, 0.05) is 30.9 Å². The van der Waals surface area contributed by atoms with E-state index in [-0.39, 0.29) is 5.91 Å². The fraction of sp³-hybridized carbons (Fsp3) is 0.294. The van der Waals surface area contributed by atoms with Gasteiger partial charge in [-0.1, -0.05) is 12.1 Å². The number of carbonyl (C=O) groups is 1. The zero-order chi connectivity index (χ0) is 16.1. The van der Waals surface area contributed by atoms with Gasteiger partial charge in [0.1, 0.15) is 5.75 Å². The molecule has 1 heterocycles. The fourth-order valence-corrected chi connectivity index (χ4v) is 2.18.